The Labute approximate surface area is 156 Å². The molecule has 2 aliphatic heterocycles. The van der Waals surface area contributed by atoms with Gasteiger partial charge in [-0.2, -0.15) is 0 Å². The first-order valence-corrected chi connectivity index (χ1v) is 8.71. The van der Waals surface area contributed by atoms with Crippen LogP contribution in [0.4, 0.5) is 5.69 Å². The zero-order valence-corrected chi connectivity index (χ0v) is 15.0. The van der Waals surface area contributed by atoms with Crippen molar-refractivity contribution in [3.63, 3.8) is 0 Å². The third-order valence-electron chi connectivity index (χ3n) is 5.34. The molecule has 6 nitrogen and oxygen atoms in total. The molecule has 0 saturated carbocycles. The van der Waals surface area contributed by atoms with Crippen molar-refractivity contribution in [2.45, 2.75) is 18.1 Å². The fraction of sp³-hybridized carbons (Fsp3) is 0.286. The van der Waals surface area contributed by atoms with Gasteiger partial charge in [-0.15, -0.1) is 0 Å². The summed E-state index contributed by atoms with van der Waals surface area (Å²) in [4.78, 5) is 40.4. The van der Waals surface area contributed by atoms with Gasteiger partial charge in [0.1, 0.15) is 0 Å². The van der Waals surface area contributed by atoms with Gasteiger partial charge in [-0.3, -0.25) is 14.4 Å². The zero-order valence-electron chi connectivity index (χ0n) is 15.0. The van der Waals surface area contributed by atoms with Crippen LogP contribution in [0, 0.1) is 5.92 Å². The minimum atomic E-state index is -1.71. The molecule has 1 saturated heterocycles. The predicted octanol–water partition coefficient (Wildman–Crippen LogP) is 2.38. The number of methoxy groups -OCH3 is 1. The van der Waals surface area contributed by atoms with Crippen LogP contribution in [-0.2, 0) is 29.5 Å². The molecule has 0 aliphatic carbocycles. The molecule has 0 radical (unpaired) electrons. The Morgan fingerprint density at radius 3 is 2.48 bits per heavy atom. The summed E-state index contributed by atoms with van der Waals surface area (Å²) in [5, 5.41) is 0. The second kappa shape index (κ2) is 6.32. The Balaban J connectivity index is 1.91. The Kier molecular flexibility index (Phi) is 4.08. The molecular weight excluding hydrogens is 346 g/mol. The van der Waals surface area contributed by atoms with Crippen molar-refractivity contribution in [2.75, 3.05) is 19.1 Å². The number of carbonyl (C=O) groups is 3. The highest BCUT2D eigenvalue weighted by Crippen LogP contribution is 2.53. The van der Waals surface area contributed by atoms with E-state index in [0.29, 0.717) is 11.3 Å². The molecular formula is C21H19NO5. The second-order valence-electron chi connectivity index (χ2n) is 6.76. The number of para-hydroxylation sites is 1. The first kappa shape index (κ1) is 17.4. The monoisotopic (exact) mass is 365 g/mol. The Morgan fingerprint density at radius 1 is 1.11 bits per heavy atom. The number of hydrogen-bond donors (Lipinski definition) is 0. The average molecular weight is 365 g/mol. The summed E-state index contributed by atoms with van der Waals surface area (Å²) in [5.41, 5.74) is 0.210. The van der Waals surface area contributed by atoms with Gasteiger partial charge in [0.2, 0.25) is 0 Å². The molecule has 2 aromatic carbocycles. The number of rotatable bonds is 2. The summed E-state index contributed by atoms with van der Waals surface area (Å²) < 4.78 is 11.2. The highest BCUT2D eigenvalue weighted by molar-refractivity contribution is 6.15. The quantitative estimate of drug-likeness (QED) is 0.603. The van der Waals surface area contributed by atoms with E-state index in [1.807, 2.05) is 30.3 Å². The molecule has 2 aromatic rings. The molecule has 4 rings (SSSR count). The number of likely N-dealkylation sites (N-methyl/N-ethyl adjacent to an activating group) is 1. The van der Waals surface area contributed by atoms with Gasteiger partial charge in [-0.25, -0.2) is 0 Å². The van der Waals surface area contributed by atoms with Crippen LogP contribution < -0.4 is 4.90 Å². The number of benzene rings is 2. The molecule has 3 atom stereocenters. The van der Waals surface area contributed by atoms with E-state index in [0.717, 1.165) is 5.56 Å². The van der Waals surface area contributed by atoms with Gasteiger partial charge in [-0.1, -0.05) is 48.5 Å². The minimum absolute atomic E-state index is 0.00465. The van der Waals surface area contributed by atoms with Gasteiger partial charge in [0.25, 0.3) is 5.91 Å². The standard InChI is InChI=1S/C21H19NO5/c1-22-15-11-7-6-10-14(15)21(20(22)25)18(19(24)26-2)16(23)12-17(27-21)13-8-4-3-5-9-13/h3-11,17-18H,12H2,1-2H3/t17-,18?,21-/m0/s1. The molecule has 0 N–H and O–H groups in total. The van der Waals surface area contributed by atoms with Crippen LogP contribution in [0.5, 0.6) is 0 Å². The first-order valence-electron chi connectivity index (χ1n) is 8.71. The lowest BCUT2D eigenvalue weighted by Crippen LogP contribution is -2.56. The molecule has 1 amide bonds. The van der Waals surface area contributed by atoms with Crippen molar-refractivity contribution < 1.29 is 23.9 Å². The number of Topliss-reactive ketones (excluding diaryl/α,β-unsaturated/α-hetero) is 1. The molecule has 0 bridgehead atoms. The van der Waals surface area contributed by atoms with Gasteiger partial charge >= 0.3 is 5.97 Å². The molecule has 6 heteroatoms. The summed E-state index contributed by atoms with van der Waals surface area (Å²) in [5.74, 6) is -2.89. The van der Waals surface area contributed by atoms with Crippen molar-refractivity contribution in [3.05, 3.63) is 65.7 Å². The average Bonchev–Trinajstić information content (AvgIpc) is 2.91. The molecule has 1 fully saturated rings. The van der Waals surface area contributed by atoms with Gasteiger partial charge in [-0.05, 0) is 11.6 Å². The predicted molar refractivity (Wildman–Crippen MR) is 96.9 cm³/mol. The third kappa shape index (κ3) is 2.40. The van der Waals surface area contributed by atoms with Crippen LogP contribution >= 0.6 is 0 Å². The SMILES string of the molecule is COC(=O)C1C(=O)C[C@@H](c2ccccc2)O[C@]12C(=O)N(C)c1ccccc12. The van der Waals surface area contributed by atoms with Crippen molar-refractivity contribution >= 4 is 23.3 Å². The summed E-state index contributed by atoms with van der Waals surface area (Å²) in [6.07, 6.45) is -0.617. The molecule has 1 spiro atoms. The van der Waals surface area contributed by atoms with E-state index in [1.54, 1.807) is 31.3 Å². The Hall–Kier alpha value is -2.99. The van der Waals surface area contributed by atoms with Gasteiger partial charge in [0.05, 0.1) is 18.9 Å². The number of hydrogen-bond acceptors (Lipinski definition) is 5. The summed E-state index contributed by atoms with van der Waals surface area (Å²) in [6, 6.07) is 16.3. The lowest BCUT2D eigenvalue weighted by molar-refractivity contribution is -0.195. The van der Waals surface area contributed by atoms with Crippen LogP contribution in [0.1, 0.15) is 23.7 Å². The van der Waals surface area contributed by atoms with Crippen molar-refractivity contribution in [1.29, 1.82) is 0 Å². The molecule has 138 valence electrons. The van der Waals surface area contributed by atoms with E-state index in [1.165, 1.54) is 12.0 Å². The number of amides is 1. The van der Waals surface area contributed by atoms with Crippen molar-refractivity contribution in [3.8, 4) is 0 Å². The van der Waals surface area contributed by atoms with Crippen LogP contribution in [-0.4, -0.2) is 31.8 Å². The molecule has 2 heterocycles. The molecule has 1 unspecified atom stereocenters. The molecule has 2 aliphatic rings. The maximum absolute atomic E-state index is 13.3. The number of nitrogens with zero attached hydrogens (tertiary/aromatic N) is 1. The number of anilines is 1. The van der Waals surface area contributed by atoms with Crippen LogP contribution in [0.25, 0.3) is 0 Å². The second-order valence-corrected chi connectivity index (χ2v) is 6.76. The Morgan fingerprint density at radius 2 is 1.78 bits per heavy atom. The van der Waals surface area contributed by atoms with Crippen LogP contribution in [0.15, 0.2) is 54.6 Å². The third-order valence-corrected chi connectivity index (χ3v) is 5.34. The largest absolute Gasteiger partial charge is 0.468 e. The van der Waals surface area contributed by atoms with Gasteiger partial charge < -0.3 is 14.4 Å². The summed E-state index contributed by atoms with van der Waals surface area (Å²) >= 11 is 0. The molecule has 0 aromatic heterocycles. The highest BCUT2D eigenvalue weighted by Gasteiger charge is 2.64. The molecule has 27 heavy (non-hydrogen) atoms. The summed E-state index contributed by atoms with van der Waals surface area (Å²) in [6.45, 7) is 0. The number of carbonyl (C=O) groups excluding carboxylic acids is 3. The maximum atomic E-state index is 13.3. The van der Waals surface area contributed by atoms with E-state index in [-0.39, 0.29) is 12.2 Å². The smallest absolute Gasteiger partial charge is 0.320 e. The topological polar surface area (TPSA) is 72.9 Å². The first-order chi connectivity index (χ1) is 13.0. The van der Waals surface area contributed by atoms with Crippen LogP contribution in [0.2, 0.25) is 0 Å². The van der Waals surface area contributed by atoms with E-state index < -0.39 is 29.5 Å². The zero-order chi connectivity index (χ0) is 19.2. The Bertz CT molecular complexity index is 925. The van der Waals surface area contributed by atoms with E-state index in [4.69, 9.17) is 9.47 Å². The van der Waals surface area contributed by atoms with E-state index >= 15 is 0 Å². The number of ether oxygens (including phenoxy) is 2. The normalized spacial score (nSPS) is 27.0. The number of fused-ring (bicyclic) bond motifs is 2. The fourth-order valence-electron chi connectivity index (χ4n) is 4.08. The number of esters is 1. The lowest BCUT2D eigenvalue weighted by Gasteiger charge is -2.41. The van der Waals surface area contributed by atoms with E-state index in [9.17, 15) is 14.4 Å². The highest BCUT2D eigenvalue weighted by atomic mass is 16.5. The summed E-state index contributed by atoms with van der Waals surface area (Å²) in [7, 11) is 2.83. The number of ketones is 1. The fourth-order valence-corrected chi connectivity index (χ4v) is 4.08. The van der Waals surface area contributed by atoms with Gasteiger partial charge in [0.15, 0.2) is 17.3 Å². The minimum Gasteiger partial charge on any atom is -0.468 e. The van der Waals surface area contributed by atoms with E-state index in [2.05, 4.69) is 0 Å². The van der Waals surface area contributed by atoms with Crippen molar-refractivity contribution in [2.24, 2.45) is 5.92 Å². The van der Waals surface area contributed by atoms with Crippen molar-refractivity contribution in [1.82, 2.24) is 0 Å². The van der Waals surface area contributed by atoms with Gasteiger partial charge in [0, 0.05) is 19.0 Å². The lowest BCUT2D eigenvalue weighted by atomic mass is 9.75. The maximum Gasteiger partial charge on any atom is 0.320 e. The van der Waals surface area contributed by atoms with Crippen LogP contribution in [0.3, 0.4) is 0 Å².